The van der Waals surface area contributed by atoms with Crippen molar-refractivity contribution < 1.29 is 9.59 Å². The molecule has 0 saturated heterocycles. The van der Waals surface area contributed by atoms with E-state index in [0.29, 0.717) is 16.1 Å². The predicted molar refractivity (Wildman–Crippen MR) is 123 cm³/mol. The van der Waals surface area contributed by atoms with Crippen molar-refractivity contribution in [3.63, 3.8) is 0 Å². The average Bonchev–Trinajstić information content (AvgIpc) is 3.03. The van der Waals surface area contributed by atoms with Crippen molar-refractivity contribution in [3.8, 4) is 0 Å². The molecule has 2 aromatic carbocycles. The van der Waals surface area contributed by atoms with E-state index < -0.39 is 5.91 Å². The van der Waals surface area contributed by atoms with Gasteiger partial charge in [-0.05, 0) is 48.9 Å². The highest BCUT2D eigenvalue weighted by Gasteiger charge is 2.21. The number of benzene rings is 2. The Hall–Kier alpha value is -2.65. The van der Waals surface area contributed by atoms with Gasteiger partial charge in [0.15, 0.2) is 17.3 Å². The number of carbonyl (C=O) groups excluding carboxylic acids is 2. The molecule has 0 atom stereocenters. The van der Waals surface area contributed by atoms with E-state index in [4.69, 9.17) is 46.3 Å². The van der Waals surface area contributed by atoms with Gasteiger partial charge >= 0.3 is 0 Å². The van der Waals surface area contributed by atoms with Gasteiger partial charge in [-0.1, -0.05) is 40.0 Å². The summed E-state index contributed by atoms with van der Waals surface area (Å²) in [5.74, 6) is -0.827. The van der Waals surface area contributed by atoms with Crippen molar-refractivity contribution >= 4 is 70.6 Å². The van der Waals surface area contributed by atoms with Crippen molar-refractivity contribution in [2.45, 2.75) is 13.5 Å². The number of aliphatic imine (C=N–C) groups is 1. The lowest BCUT2D eigenvalue weighted by Crippen LogP contribution is -2.13. The van der Waals surface area contributed by atoms with Crippen molar-refractivity contribution in [1.82, 2.24) is 15.0 Å². The van der Waals surface area contributed by atoms with Gasteiger partial charge in [0.25, 0.3) is 5.91 Å². The molecule has 0 aliphatic carbocycles. The third-order valence-corrected chi connectivity index (χ3v) is 4.84. The number of aromatic nitrogens is 3. The van der Waals surface area contributed by atoms with Gasteiger partial charge in [0.1, 0.15) is 0 Å². The van der Waals surface area contributed by atoms with Crippen LogP contribution in [0, 0.1) is 0 Å². The zero-order valence-corrected chi connectivity index (χ0v) is 19.1. The molecule has 0 bridgehead atoms. The molecule has 0 spiro atoms. The van der Waals surface area contributed by atoms with Gasteiger partial charge < -0.3 is 11.5 Å². The average molecular weight is 502 g/mol. The predicted octanol–water partition coefficient (Wildman–Crippen LogP) is 4.05. The highest BCUT2D eigenvalue weighted by Crippen LogP contribution is 2.30. The van der Waals surface area contributed by atoms with Crippen molar-refractivity contribution in [1.29, 1.82) is 0 Å². The molecule has 1 amide bonds. The molecule has 1 aromatic heterocycles. The minimum atomic E-state index is -0.791. The van der Waals surface area contributed by atoms with Gasteiger partial charge in [0.2, 0.25) is 0 Å². The van der Waals surface area contributed by atoms with Gasteiger partial charge in [0.05, 0.1) is 28.0 Å². The second-order valence-electron chi connectivity index (χ2n) is 6.31. The summed E-state index contributed by atoms with van der Waals surface area (Å²) in [5.41, 5.74) is 12.0. The number of nitrogens with zero attached hydrogens (tertiary/aromatic N) is 4. The number of primary amides is 1. The highest BCUT2D eigenvalue weighted by molar-refractivity contribution is 6.41. The monoisotopic (exact) mass is 500 g/mol. The Morgan fingerprint density at radius 3 is 2.16 bits per heavy atom. The minimum Gasteiger partial charge on any atom is -0.387 e. The number of carbonyl (C=O) groups is 2. The van der Waals surface area contributed by atoms with Crippen LogP contribution in [0.1, 0.15) is 38.9 Å². The fourth-order valence-corrected chi connectivity index (χ4v) is 3.53. The first kappa shape index (κ1) is 24.6. The molecule has 3 rings (SSSR count). The molecule has 0 radical (unpaired) electrons. The maximum absolute atomic E-state index is 12.8. The number of nitrogens with two attached hydrogens (primary N) is 2. The molecule has 12 heteroatoms. The van der Waals surface area contributed by atoms with Crippen LogP contribution in [-0.2, 0) is 6.54 Å². The molecule has 0 fully saturated rings. The number of amidine groups is 1. The first-order valence-electron chi connectivity index (χ1n) is 8.49. The number of hydrogen-bond acceptors (Lipinski definition) is 5. The second-order valence-corrected chi connectivity index (χ2v) is 7.56. The fraction of sp³-hybridized carbons (Fsp3) is 0.105. The summed E-state index contributed by atoms with van der Waals surface area (Å²) in [6.07, 6.45) is 0. The Labute approximate surface area is 198 Å². The van der Waals surface area contributed by atoms with Crippen LogP contribution >= 0.6 is 47.2 Å². The van der Waals surface area contributed by atoms with Gasteiger partial charge in [-0.15, -0.1) is 17.5 Å². The van der Waals surface area contributed by atoms with Gasteiger partial charge in [0, 0.05) is 10.6 Å². The molecule has 0 unspecified atom stereocenters. The normalized spacial score (nSPS) is 11.2. The zero-order chi connectivity index (χ0) is 22.0. The van der Waals surface area contributed by atoms with Gasteiger partial charge in [-0.25, -0.2) is 9.67 Å². The van der Waals surface area contributed by atoms with Crippen LogP contribution in [0.2, 0.25) is 15.1 Å². The molecular weight excluding hydrogens is 486 g/mol. The summed E-state index contributed by atoms with van der Waals surface area (Å²) in [5, 5.41) is 8.47. The topological polar surface area (TPSA) is 129 Å². The number of rotatable bonds is 6. The summed E-state index contributed by atoms with van der Waals surface area (Å²) >= 11 is 18.6. The molecule has 0 aliphatic heterocycles. The molecule has 8 nitrogen and oxygen atoms in total. The van der Waals surface area contributed by atoms with Crippen LogP contribution in [0.4, 0.5) is 5.82 Å². The summed E-state index contributed by atoms with van der Waals surface area (Å²) in [7, 11) is 0. The largest absolute Gasteiger partial charge is 0.387 e. The van der Waals surface area contributed by atoms with Crippen LogP contribution in [0.3, 0.4) is 0 Å². The number of hydrogen-bond donors (Lipinski definition) is 2. The fourth-order valence-electron chi connectivity index (χ4n) is 2.70. The Morgan fingerprint density at radius 1 is 1.06 bits per heavy atom. The molecule has 3 aromatic rings. The quantitative estimate of drug-likeness (QED) is 0.299. The zero-order valence-electron chi connectivity index (χ0n) is 16.0. The maximum Gasteiger partial charge on any atom is 0.273 e. The van der Waals surface area contributed by atoms with E-state index in [2.05, 4.69) is 15.3 Å². The molecule has 0 aliphatic rings. The summed E-state index contributed by atoms with van der Waals surface area (Å²) in [6.45, 7) is 1.66. The lowest BCUT2D eigenvalue weighted by atomic mass is 10.0. The number of amides is 1. The van der Waals surface area contributed by atoms with E-state index in [9.17, 15) is 9.59 Å². The van der Waals surface area contributed by atoms with Gasteiger partial charge in [-0.2, -0.15) is 0 Å². The summed E-state index contributed by atoms with van der Waals surface area (Å²) in [4.78, 5) is 28.4. The molecule has 1 heterocycles. The van der Waals surface area contributed by atoms with E-state index in [1.807, 2.05) is 0 Å². The van der Waals surface area contributed by atoms with E-state index in [1.54, 1.807) is 43.3 Å². The molecular formula is C19H16Cl4N6O2. The molecule has 0 saturated carbocycles. The Balaban J connectivity index is 0.00000341. The first-order chi connectivity index (χ1) is 14.2. The Bertz CT molecular complexity index is 1150. The molecule has 162 valence electrons. The minimum absolute atomic E-state index is 0. The van der Waals surface area contributed by atoms with Crippen LogP contribution < -0.4 is 11.5 Å². The Morgan fingerprint density at radius 2 is 1.65 bits per heavy atom. The van der Waals surface area contributed by atoms with Crippen LogP contribution in [0.25, 0.3) is 0 Å². The highest BCUT2D eigenvalue weighted by atomic mass is 35.5. The smallest absolute Gasteiger partial charge is 0.273 e. The van der Waals surface area contributed by atoms with Crippen molar-refractivity contribution in [2.24, 2.45) is 16.5 Å². The maximum atomic E-state index is 12.8. The summed E-state index contributed by atoms with van der Waals surface area (Å²) in [6, 6.07) is 9.54. The number of ketones is 1. The SMILES string of the molecule is C/C(N)=N\c1c(C(N)=O)nnn1Cc1cc(Cl)c(C(=O)c2ccc(Cl)cc2)c(Cl)c1.Cl. The lowest BCUT2D eigenvalue weighted by Gasteiger charge is -2.10. The van der Waals surface area contributed by atoms with Crippen molar-refractivity contribution in [2.75, 3.05) is 0 Å². The standard InChI is InChI=1S/C19H15Cl3N6O2.ClH/c1-9(23)25-19-16(18(24)30)26-27-28(19)8-10-6-13(21)15(14(22)7-10)17(29)11-2-4-12(20)5-3-11;/h2-7H,8H2,1H3,(H2,23,25)(H2,24,30);1H. The van der Waals surface area contributed by atoms with Crippen LogP contribution in [0.15, 0.2) is 41.4 Å². The van der Waals surface area contributed by atoms with E-state index in [0.717, 1.165) is 0 Å². The lowest BCUT2D eigenvalue weighted by molar-refractivity contribution is 0.0994. The Kier molecular flexibility index (Phi) is 8.02. The van der Waals surface area contributed by atoms with E-state index in [1.165, 1.54) is 4.68 Å². The van der Waals surface area contributed by atoms with E-state index in [-0.39, 0.29) is 57.7 Å². The van der Waals surface area contributed by atoms with Crippen LogP contribution in [-0.4, -0.2) is 32.5 Å². The van der Waals surface area contributed by atoms with Crippen molar-refractivity contribution in [3.05, 3.63) is 73.9 Å². The first-order valence-corrected chi connectivity index (χ1v) is 9.63. The third kappa shape index (κ3) is 5.54. The molecule has 31 heavy (non-hydrogen) atoms. The summed E-state index contributed by atoms with van der Waals surface area (Å²) < 4.78 is 1.33. The van der Waals surface area contributed by atoms with E-state index >= 15 is 0 Å². The number of halogens is 4. The molecule has 4 N–H and O–H groups in total. The third-order valence-electron chi connectivity index (χ3n) is 3.99. The second kappa shape index (κ2) is 10.1. The van der Waals surface area contributed by atoms with Gasteiger partial charge in [-0.3, -0.25) is 9.59 Å². The van der Waals surface area contributed by atoms with Crippen LogP contribution in [0.5, 0.6) is 0 Å².